The molecule has 1 atom stereocenters. The molecule has 31 heavy (non-hydrogen) atoms. The first-order valence-corrected chi connectivity index (χ1v) is 10.7. The van der Waals surface area contributed by atoms with Gasteiger partial charge >= 0.3 is 0 Å². The van der Waals surface area contributed by atoms with Crippen molar-refractivity contribution in [2.45, 2.75) is 31.8 Å². The van der Waals surface area contributed by atoms with Gasteiger partial charge in [0.1, 0.15) is 17.0 Å². The first-order chi connectivity index (χ1) is 15.0. The second-order valence-corrected chi connectivity index (χ2v) is 8.31. The van der Waals surface area contributed by atoms with E-state index in [4.69, 9.17) is 11.6 Å². The smallest absolute Gasteiger partial charge is 0.275 e. The predicted octanol–water partition coefficient (Wildman–Crippen LogP) is 2.96. The standard InChI is InChI=1S/C23H22ClN5O2/c1-27-21-16(8-5-12-25-21)9-10-18(22(27)30)28-13-11-17-19(23(28)31)26-29(20(17)24)14-15-6-3-2-4-7-15/h2-8,12,18H,9-11,13-14H2,1H3. The van der Waals surface area contributed by atoms with Crippen LogP contribution in [0.3, 0.4) is 0 Å². The van der Waals surface area contributed by atoms with E-state index < -0.39 is 6.04 Å². The lowest BCUT2D eigenvalue weighted by Crippen LogP contribution is -2.52. The van der Waals surface area contributed by atoms with E-state index in [0.29, 0.717) is 49.0 Å². The first-order valence-electron chi connectivity index (χ1n) is 10.4. The van der Waals surface area contributed by atoms with E-state index in [-0.39, 0.29) is 11.8 Å². The second kappa shape index (κ2) is 7.81. The van der Waals surface area contributed by atoms with E-state index in [2.05, 4.69) is 10.1 Å². The number of nitrogens with zero attached hydrogens (tertiary/aromatic N) is 5. The van der Waals surface area contributed by atoms with Crippen molar-refractivity contribution >= 4 is 29.2 Å². The third-order valence-electron chi connectivity index (χ3n) is 6.09. The number of anilines is 1. The molecule has 0 radical (unpaired) electrons. The molecule has 1 unspecified atom stereocenters. The van der Waals surface area contributed by atoms with E-state index in [1.807, 2.05) is 42.5 Å². The Labute approximate surface area is 185 Å². The summed E-state index contributed by atoms with van der Waals surface area (Å²) in [7, 11) is 1.72. The van der Waals surface area contributed by atoms with Gasteiger partial charge < -0.3 is 4.90 Å². The van der Waals surface area contributed by atoms with Gasteiger partial charge in [-0.15, -0.1) is 0 Å². The first kappa shape index (κ1) is 19.8. The molecule has 1 aromatic carbocycles. The zero-order chi connectivity index (χ0) is 21.5. The van der Waals surface area contributed by atoms with Crippen LogP contribution in [0.25, 0.3) is 0 Å². The second-order valence-electron chi connectivity index (χ2n) is 7.95. The van der Waals surface area contributed by atoms with Crippen LogP contribution in [-0.4, -0.2) is 51.1 Å². The van der Waals surface area contributed by atoms with Crippen LogP contribution < -0.4 is 4.90 Å². The Bertz CT molecular complexity index is 1160. The molecule has 0 bridgehead atoms. The topological polar surface area (TPSA) is 71.3 Å². The fraction of sp³-hybridized carbons (Fsp3) is 0.304. The van der Waals surface area contributed by atoms with E-state index in [1.54, 1.807) is 27.7 Å². The summed E-state index contributed by atoms with van der Waals surface area (Å²) in [5.74, 6) is 0.306. The van der Waals surface area contributed by atoms with Crippen molar-refractivity contribution in [2.75, 3.05) is 18.5 Å². The van der Waals surface area contributed by atoms with Crippen LogP contribution in [0.5, 0.6) is 0 Å². The van der Waals surface area contributed by atoms with Gasteiger partial charge in [-0.05, 0) is 36.5 Å². The highest BCUT2D eigenvalue weighted by Gasteiger charge is 2.40. The minimum Gasteiger partial charge on any atom is -0.325 e. The number of carbonyl (C=O) groups excluding carboxylic acids is 2. The normalized spacial score (nSPS) is 18.6. The largest absolute Gasteiger partial charge is 0.325 e. The number of benzene rings is 1. The number of hydrogen-bond acceptors (Lipinski definition) is 4. The number of fused-ring (bicyclic) bond motifs is 2. The molecule has 0 N–H and O–H groups in total. The number of amides is 2. The number of carbonyl (C=O) groups is 2. The maximum atomic E-state index is 13.4. The van der Waals surface area contributed by atoms with Crippen LogP contribution >= 0.6 is 11.6 Å². The fourth-order valence-corrected chi connectivity index (χ4v) is 4.74. The van der Waals surface area contributed by atoms with Crippen molar-refractivity contribution in [3.63, 3.8) is 0 Å². The average Bonchev–Trinajstić information content (AvgIpc) is 3.05. The van der Waals surface area contributed by atoms with Gasteiger partial charge in [0.25, 0.3) is 11.8 Å². The molecular formula is C23H22ClN5O2. The maximum Gasteiger partial charge on any atom is 0.275 e. The zero-order valence-corrected chi connectivity index (χ0v) is 17.9. The van der Waals surface area contributed by atoms with E-state index in [0.717, 1.165) is 16.7 Å². The Morgan fingerprint density at radius 3 is 2.71 bits per heavy atom. The van der Waals surface area contributed by atoms with Gasteiger partial charge in [0.2, 0.25) is 0 Å². The van der Waals surface area contributed by atoms with Gasteiger partial charge in [-0.2, -0.15) is 5.10 Å². The highest BCUT2D eigenvalue weighted by atomic mass is 35.5. The Morgan fingerprint density at radius 2 is 1.90 bits per heavy atom. The minimum absolute atomic E-state index is 0.121. The molecule has 5 rings (SSSR count). The molecule has 8 heteroatoms. The van der Waals surface area contributed by atoms with Crippen molar-refractivity contribution in [1.82, 2.24) is 19.7 Å². The van der Waals surface area contributed by atoms with Gasteiger partial charge in [0, 0.05) is 25.4 Å². The molecule has 4 heterocycles. The number of aryl methyl sites for hydroxylation is 1. The van der Waals surface area contributed by atoms with Gasteiger partial charge in [0.05, 0.1) is 6.54 Å². The van der Waals surface area contributed by atoms with Crippen molar-refractivity contribution in [3.8, 4) is 0 Å². The van der Waals surface area contributed by atoms with Gasteiger partial charge in [-0.3, -0.25) is 14.5 Å². The molecule has 0 spiro atoms. The SMILES string of the molecule is CN1C(=O)C(N2CCc3c(nn(Cc4ccccc4)c3Cl)C2=O)CCc2cccnc21. The molecule has 2 aromatic heterocycles. The lowest BCUT2D eigenvalue weighted by molar-refractivity contribution is -0.123. The Morgan fingerprint density at radius 1 is 1.10 bits per heavy atom. The molecule has 158 valence electrons. The zero-order valence-electron chi connectivity index (χ0n) is 17.2. The molecule has 2 aliphatic rings. The number of halogens is 1. The Kier molecular flexibility index (Phi) is 4.98. The molecule has 0 saturated heterocycles. The van der Waals surface area contributed by atoms with Crippen LogP contribution in [0.2, 0.25) is 5.15 Å². The number of pyridine rings is 1. The summed E-state index contributed by atoms with van der Waals surface area (Å²) >= 11 is 6.58. The van der Waals surface area contributed by atoms with E-state index in [1.165, 1.54) is 0 Å². The van der Waals surface area contributed by atoms with Crippen LogP contribution in [0.4, 0.5) is 5.82 Å². The van der Waals surface area contributed by atoms with Crippen molar-refractivity contribution in [3.05, 3.63) is 76.2 Å². The fourth-order valence-electron chi connectivity index (χ4n) is 4.46. The summed E-state index contributed by atoms with van der Waals surface area (Å²) in [4.78, 5) is 34.2. The van der Waals surface area contributed by atoms with Crippen LogP contribution in [0.1, 0.15) is 33.6 Å². The van der Waals surface area contributed by atoms with Crippen molar-refractivity contribution in [2.24, 2.45) is 0 Å². The summed E-state index contributed by atoms with van der Waals surface area (Å²) in [6.45, 7) is 0.933. The molecule has 2 amide bonds. The van der Waals surface area contributed by atoms with Crippen LogP contribution in [-0.2, 0) is 24.2 Å². The number of likely N-dealkylation sites (N-methyl/N-ethyl adjacent to an activating group) is 1. The minimum atomic E-state index is -0.544. The summed E-state index contributed by atoms with van der Waals surface area (Å²) in [6, 6.07) is 13.2. The number of rotatable bonds is 3. The Hall–Kier alpha value is -3.19. The van der Waals surface area contributed by atoms with Crippen molar-refractivity contribution < 1.29 is 9.59 Å². The van der Waals surface area contributed by atoms with Gasteiger partial charge in [-0.1, -0.05) is 48.0 Å². The Balaban J connectivity index is 1.42. The van der Waals surface area contributed by atoms with E-state index >= 15 is 0 Å². The third kappa shape index (κ3) is 3.39. The highest BCUT2D eigenvalue weighted by molar-refractivity contribution is 6.31. The molecule has 0 saturated carbocycles. The number of hydrogen-bond donors (Lipinski definition) is 0. The summed E-state index contributed by atoms with van der Waals surface area (Å²) < 4.78 is 1.67. The lowest BCUT2D eigenvalue weighted by Gasteiger charge is -2.33. The summed E-state index contributed by atoms with van der Waals surface area (Å²) in [5.41, 5.74) is 3.18. The molecule has 7 nitrogen and oxygen atoms in total. The maximum absolute atomic E-state index is 13.4. The average molecular weight is 436 g/mol. The van der Waals surface area contributed by atoms with Crippen LogP contribution in [0.15, 0.2) is 48.7 Å². The molecule has 0 fully saturated rings. The van der Waals surface area contributed by atoms with Crippen molar-refractivity contribution in [1.29, 1.82) is 0 Å². The van der Waals surface area contributed by atoms with Gasteiger partial charge in [0.15, 0.2) is 5.69 Å². The van der Waals surface area contributed by atoms with E-state index in [9.17, 15) is 9.59 Å². The summed E-state index contributed by atoms with van der Waals surface area (Å²) in [5, 5.41) is 5.03. The molecule has 0 aliphatic carbocycles. The number of aromatic nitrogens is 3. The summed E-state index contributed by atoms with van der Waals surface area (Å²) in [6.07, 6.45) is 3.50. The van der Waals surface area contributed by atoms with Gasteiger partial charge in [-0.25, -0.2) is 9.67 Å². The molecular weight excluding hydrogens is 414 g/mol. The third-order valence-corrected chi connectivity index (χ3v) is 6.51. The quantitative estimate of drug-likeness (QED) is 0.634. The predicted molar refractivity (Wildman–Crippen MR) is 117 cm³/mol. The van der Waals surface area contributed by atoms with Crippen LogP contribution in [0, 0.1) is 0 Å². The molecule has 2 aliphatic heterocycles. The highest BCUT2D eigenvalue weighted by Crippen LogP contribution is 2.31. The lowest BCUT2D eigenvalue weighted by atomic mass is 10.0. The monoisotopic (exact) mass is 435 g/mol. The molecule has 3 aromatic rings.